The third-order valence-electron chi connectivity index (χ3n) is 3.72. The van der Waals surface area contributed by atoms with Crippen LogP contribution in [-0.4, -0.2) is 28.0 Å². The second-order valence-electron chi connectivity index (χ2n) is 5.17. The summed E-state index contributed by atoms with van der Waals surface area (Å²) in [6.07, 6.45) is 9.77. The normalized spacial score (nSPS) is 16.6. The molecule has 0 radical (unpaired) electrons. The molecule has 0 aromatic carbocycles. The maximum atomic E-state index is 4.55. The molecule has 0 amide bonds. The van der Waals surface area contributed by atoms with Crippen molar-refractivity contribution in [3.8, 4) is 11.3 Å². The Morgan fingerprint density at radius 1 is 1.05 bits per heavy atom. The second-order valence-corrected chi connectivity index (χ2v) is 5.17. The van der Waals surface area contributed by atoms with Crippen molar-refractivity contribution >= 4 is 5.82 Å². The van der Waals surface area contributed by atoms with Crippen LogP contribution >= 0.6 is 0 Å². The average Bonchev–Trinajstić information content (AvgIpc) is 2.49. The van der Waals surface area contributed by atoms with Crippen LogP contribution in [0.2, 0.25) is 0 Å². The summed E-state index contributed by atoms with van der Waals surface area (Å²) in [5.41, 5.74) is 1.96. The van der Waals surface area contributed by atoms with Crippen molar-refractivity contribution in [2.24, 2.45) is 5.92 Å². The molecule has 0 aliphatic carbocycles. The first-order chi connectivity index (χ1) is 9.33. The number of hydrogen-bond acceptors (Lipinski definition) is 4. The van der Waals surface area contributed by atoms with Gasteiger partial charge in [-0.25, -0.2) is 4.98 Å². The first kappa shape index (κ1) is 12.1. The maximum Gasteiger partial charge on any atom is 0.147 e. The molecule has 3 rings (SSSR count). The van der Waals surface area contributed by atoms with Gasteiger partial charge in [-0.2, -0.15) is 0 Å². The summed E-state index contributed by atoms with van der Waals surface area (Å²) < 4.78 is 0. The van der Waals surface area contributed by atoms with Gasteiger partial charge in [0, 0.05) is 31.0 Å². The molecule has 3 heterocycles. The Hall–Kier alpha value is -1.97. The van der Waals surface area contributed by atoms with Gasteiger partial charge >= 0.3 is 0 Å². The molecule has 0 N–H and O–H groups in total. The molecule has 0 atom stereocenters. The van der Waals surface area contributed by atoms with E-state index in [2.05, 4.69) is 26.8 Å². The minimum atomic E-state index is 0.834. The molecule has 1 aliphatic rings. The molecular formula is C15H18N4. The van der Waals surface area contributed by atoms with E-state index in [9.17, 15) is 0 Å². The summed E-state index contributed by atoms with van der Waals surface area (Å²) in [7, 11) is 0. The summed E-state index contributed by atoms with van der Waals surface area (Å²) in [5, 5.41) is 0. The molecule has 1 fully saturated rings. The Bertz CT molecular complexity index is 516. The number of anilines is 1. The van der Waals surface area contributed by atoms with Gasteiger partial charge in [-0.3, -0.25) is 9.97 Å². The van der Waals surface area contributed by atoms with E-state index in [0.29, 0.717) is 0 Å². The van der Waals surface area contributed by atoms with Gasteiger partial charge in [0.15, 0.2) is 0 Å². The van der Waals surface area contributed by atoms with Gasteiger partial charge in [0.25, 0.3) is 0 Å². The smallest absolute Gasteiger partial charge is 0.147 e. The summed E-state index contributed by atoms with van der Waals surface area (Å²) in [6.45, 7) is 4.49. The molecule has 4 heteroatoms. The van der Waals surface area contributed by atoms with Gasteiger partial charge in [-0.15, -0.1) is 0 Å². The molecule has 98 valence electrons. The van der Waals surface area contributed by atoms with Crippen LogP contribution < -0.4 is 4.90 Å². The van der Waals surface area contributed by atoms with Gasteiger partial charge < -0.3 is 4.90 Å². The third kappa shape index (κ3) is 2.72. The lowest BCUT2D eigenvalue weighted by atomic mass is 9.99. The van der Waals surface area contributed by atoms with Crippen LogP contribution in [0.3, 0.4) is 0 Å². The van der Waals surface area contributed by atoms with E-state index in [4.69, 9.17) is 0 Å². The quantitative estimate of drug-likeness (QED) is 0.826. The van der Waals surface area contributed by atoms with Crippen LogP contribution in [0.15, 0.2) is 36.9 Å². The van der Waals surface area contributed by atoms with Crippen LogP contribution in [0.1, 0.15) is 19.8 Å². The molecule has 0 unspecified atom stereocenters. The molecule has 19 heavy (non-hydrogen) atoms. The lowest BCUT2D eigenvalue weighted by molar-refractivity contribution is 0.436. The van der Waals surface area contributed by atoms with Gasteiger partial charge in [-0.05, 0) is 30.9 Å². The number of nitrogens with zero attached hydrogens (tertiary/aromatic N) is 4. The molecule has 2 aromatic heterocycles. The van der Waals surface area contributed by atoms with E-state index in [1.165, 1.54) is 12.8 Å². The highest BCUT2D eigenvalue weighted by atomic mass is 15.2. The molecule has 1 saturated heterocycles. The zero-order valence-electron chi connectivity index (χ0n) is 11.2. The van der Waals surface area contributed by atoms with Gasteiger partial charge in [0.1, 0.15) is 5.82 Å². The first-order valence-corrected chi connectivity index (χ1v) is 6.80. The van der Waals surface area contributed by atoms with Crippen molar-refractivity contribution in [3.05, 3.63) is 36.9 Å². The van der Waals surface area contributed by atoms with Crippen LogP contribution in [0, 0.1) is 5.92 Å². The highest BCUT2D eigenvalue weighted by Gasteiger charge is 2.17. The number of rotatable bonds is 2. The van der Waals surface area contributed by atoms with Crippen molar-refractivity contribution in [1.82, 2.24) is 15.0 Å². The fourth-order valence-electron chi connectivity index (χ4n) is 2.39. The number of pyridine rings is 1. The standard InChI is InChI=1S/C15H18N4/c1-12-4-8-19(9-5-12)15-11-17-14(10-18-15)13-2-6-16-7-3-13/h2-3,6-7,10-12H,4-5,8-9H2,1H3. The van der Waals surface area contributed by atoms with Crippen molar-refractivity contribution in [1.29, 1.82) is 0 Å². The monoisotopic (exact) mass is 254 g/mol. The Morgan fingerprint density at radius 3 is 2.42 bits per heavy atom. The molecule has 0 saturated carbocycles. The fourth-order valence-corrected chi connectivity index (χ4v) is 2.39. The molecule has 4 nitrogen and oxygen atoms in total. The van der Waals surface area contributed by atoms with E-state index >= 15 is 0 Å². The summed E-state index contributed by atoms with van der Waals surface area (Å²) >= 11 is 0. The molecule has 2 aromatic rings. The lowest BCUT2D eigenvalue weighted by Crippen LogP contribution is -2.33. The lowest BCUT2D eigenvalue weighted by Gasteiger charge is -2.30. The average molecular weight is 254 g/mol. The number of aromatic nitrogens is 3. The third-order valence-corrected chi connectivity index (χ3v) is 3.72. The van der Waals surface area contributed by atoms with E-state index in [0.717, 1.165) is 36.1 Å². The second kappa shape index (κ2) is 5.34. The largest absolute Gasteiger partial charge is 0.355 e. The van der Waals surface area contributed by atoms with E-state index in [-0.39, 0.29) is 0 Å². The van der Waals surface area contributed by atoms with Gasteiger partial charge in [0.2, 0.25) is 0 Å². The van der Waals surface area contributed by atoms with Crippen molar-refractivity contribution in [2.75, 3.05) is 18.0 Å². The van der Waals surface area contributed by atoms with Crippen molar-refractivity contribution in [3.63, 3.8) is 0 Å². The Morgan fingerprint density at radius 2 is 1.79 bits per heavy atom. The van der Waals surface area contributed by atoms with Gasteiger partial charge in [-0.1, -0.05) is 6.92 Å². The Kier molecular flexibility index (Phi) is 3.40. The Balaban J connectivity index is 1.76. The zero-order valence-corrected chi connectivity index (χ0v) is 11.2. The molecule has 0 spiro atoms. The minimum absolute atomic E-state index is 0.834. The maximum absolute atomic E-state index is 4.55. The van der Waals surface area contributed by atoms with E-state index < -0.39 is 0 Å². The number of hydrogen-bond donors (Lipinski definition) is 0. The molecule has 0 bridgehead atoms. The van der Waals surface area contributed by atoms with E-state index in [1.807, 2.05) is 24.5 Å². The highest BCUT2D eigenvalue weighted by molar-refractivity contribution is 5.58. The summed E-state index contributed by atoms with van der Waals surface area (Å²) in [5.74, 6) is 1.82. The Labute approximate surface area is 113 Å². The predicted octanol–water partition coefficient (Wildman–Crippen LogP) is 2.77. The van der Waals surface area contributed by atoms with Gasteiger partial charge in [0.05, 0.1) is 18.1 Å². The molecule has 1 aliphatic heterocycles. The minimum Gasteiger partial charge on any atom is -0.355 e. The number of piperidine rings is 1. The molecular weight excluding hydrogens is 236 g/mol. The SMILES string of the molecule is CC1CCN(c2cnc(-c3ccncc3)cn2)CC1. The van der Waals surface area contributed by atoms with Crippen LogP contribution in [0.4, 0.5) is 5.82 Å². The van der Waals surface area contributed by atoms with Crippen LogP contribution in [0.25, 0.3) is 11.3 Å². The van der Waals surface area contributed by atoms with Crippen LogP contribution in [0.5, 0.6) is 0 Å². The van der Waals surface area contributed by atoms with E-state index in [1.54, 1.807) is 12.4 Å². The summed E-state index contributed by atoms with van der Waals surface area (Å²) in [6, 6.07) is 3.90. The summed E-state index contributed by atoms with van der Waals surface area (Å²) in [4.78, 5) is 15.4. The predicted molar refractivity (Wildman–Crippen MR) is 75.9 cm³/mol. The fraction of sp³-hybridized carbons (Fsp3) is 0.400. The zero-order chi connectivity index (χ0) is 13.1. The first-order valence-electron chi connectivity index (χ1n) is 6.80. The van der Waals surface area contributed by atoms with Crippen molar-refractivity contribution < 1.29 is 0 Å². The van der Waals surface area contributed by atoms with Crippen LogP contribution in [-0.2, 0) is 0 Å². The highest BCUT2D eigenvalue weighted by Crippen LogP contribution is 2.22. The van der Waals surface area contributed by atoms with Crippen molar-refractivity contribution in [2.45, 2.75) is 19.8 Å². The topological polar surface area (TPSA) is 41.9 Å².